The predicted octanol–water partition coefficient (Wildman–Crippen LogP) is 3.71. The lowest BCUT2D eigenvalue weighted by molar-refractivity contribution is 0.171. The molecule has 0 aromatic heterocycles. The minimum absolute atomic E-state index is 0.712. The summed E-state index contributed by atoms with van der Waals surface area (Å²) in [6, 6.07) is 0.712. The molecule has 1 atom stereocenters. The van der Waals surface area contributed by atoms with E-state index in [4.69, 9.17) is 0 Å². The van der Waals surface area contributed by atoms with Crippen molar-refractivity contribution in [2.24, 2.45) is 11.8 Å². The molecule has 1 unspecified atom stereocenters. The predicted molar refractivity (Wildman–Crippen MR) is 68.0 cm³/mol. The Labute approximate surface area is 95.5 Å². The Bertz CT molecular complexity index is 184. The summed E-state index contributed by atoms with van der Waals surface area (Å²) >= 11 is 0. The first-order valence-electron chi connectivity index (χ1n) is 6.50. The van der Waals surface area contributed by atoms with Crippen LogP contribution in [0.3, 0.4) is 0 Å². The van der Waals surface area contributed by atoms with Crippen LogP contribution in [0.2, 0.25) is 0 Å². The van der Waals surface area contributed by atoms with Gasteiger partial charge >= 0.3 is 0 Å². The molecule has 0 amide bonds. The monoisotopic (exact) mass is 209 g/mol. The number of hydrogen-bond acceptors (Lipinski definition) is 1. The Balaban J connectivity index is 2.53. The van der Waals surface area contributed by atoms with Crippen LogP contribution in [0.4, 0.5) is 0 Å². The highest BCUT2D eigenvalue weighted by molar-refractivity contribution is 4.98. The summed E-state index contributed by atoms with van der Waals surface area (Å²) in [5.41, 5.74) is 0. The van der Waals surface area contributed by atoms with Crippen molar-refractivity contribution >= 4 is 0 Å². The molecule has 0 spiro atoms. The Kier molecular flexibility index (Phi) is 5.38. The summed E-state index contributed by atoms with van der Waals surface area (Å²) in [7, 11) is 0. The zero-order valence-electron chi connectivity index (χ0n) is 10.9. The van der Waals surface area contributed by atoms with Gasteiger partial charge in [0.1, 0.15) is 0 Å². The third kappa shape index (κ3) is 4.83. The van der Waals surface area contributed by atoms with Gasteiger partial charge in [0.2, 0.25) is 0 Å². The van der Waals surface area contributed by atoms with Gasteiger partial charge < -0.3 is 0 Å². The molecule has 1 nitrogen and oxygen atoms in total. The van der Waals surface area contributed by atoms with Crippen molar-refractivity contribution in [1.29, 1.82) is 0 Å². The van der Waals surface area contributed by atoms with Crippen molar-refractivity contribution in [2.45, 2.75) is 53.0 Å². The zero-order chi connectivity index (χ0) is 11.3. The van der Waals surface area contributed by atoms with E-state index in [-0.39, 0.29) is 0 Å². The molecular formula is C14H27N. The van der Waals surface area contributed by atoms with Gasteiger partial charge in [-0.3, -0.25) is 4.90 Å². The van der Waals surface area contributed by atoms with E-state index in [1.54, 1.807) is 0 Å². The molecule has 0 aromatic rings. The third-order valence-electron chi connectivity index (χ3n) is 2.90. The van der Waals surface area contributed by atoms with Gasteiger partial charge in [-0.25, -0.2) is 0 Å². The van der Waals surface area contributed by atoms with Crippen LogP contribution < -0.4 is 0 Å². The fourth-order valence-corrected chi connectivity index (χ4v) is 2.38. The van der Waals surface area contributed by atoms with Gasteiger partial charge in [0.05, 0.1) is 0 Å². The summed E-state index contributed by atoms with van der Waals surface area (Å²) in [6.45, 7) is 11.8. The van der Waals surface area contributed by atoms with Crippen molar-refractivity contribution in [3.63, 3.8) is 0 Å². The fourth-order valence-electron chi connectivity index (χ4n) is 2.38. The smallest absolute Gasteiger partial charge is 0.0278 e. The van der Waals surface area contributed by atoms with E-state index in [9.17, 15) is 0 Å². The van der Waals surface area contributed by atoms with Crippen molar-refractivity contribution in [3.05, 3.63) is 12.2 Å². The second-order valence-corrected chi connectivity index (χ2v) is 5.67. The molecular weight excluding hydrogens is 182 g/mol. The van der Waals surface area contributed by atoms with E-state index in [0.29, 0.717) is 6.04 Å². The molecule has 88 valence electrons. The molecule has 15 heavy (non-hydrogen) atoms. The highest BCUT2D eigenvalue weighted by Crippen LogP contribution is 2.18. The van der Waals surface area contributed by atoms with Crippen LogP contribution in [0.1, 0.15) is 47.0 Å². The first-order chi connectivity index (χ1) is 7.09. The summed E-state index contributed by atoms with van der Waals surface area (Å²) in [6.07, 6.45) is 8.80. The molecule has 0 aliphatic heterocycles. The Morgan fingerprint density at radius 1 is 1.13 bits per heavy atom. The highest BCUT2D eigenvalue weighted by atomic mass is 15.2. The zero-order valence-corrected chi connectivity index (χ0v) is 10.9. The van der Waals surface area contributed by atoms with Crippen molar-refractivity contribution in [2.75, 3.05) is 13.1 Å². The molecule has 0 heterocycles. The average molecular weight is 209 g/mol. The average Bonchev–Trinajstić information content (AvgIpc) is 2.17. The molecule has 0 saturated heterocycles. The molecule has 0 fully saturated rings. The molecule has 0 radical (unpaired) electrons. The summed E-state index contributed by atoms with van der Waals surface area (Å²) in [5.74, 6) is 1.55. The number of allylic oxidation sites excluding steroid dienone is 1. The first kappa shape index (κ1) is 12.8. The lowest BCUT2D eigenvalue weighted by Crippen LogP contribution is -2.39. The largest absolute Gasteiger partial charge is 0.296 e. The SMILES string of the molecule is CC(C)CN(CC(C)C)C1C=CCCC1. The van der Waals surface area contributed by atoms with Crippen molar-refractivity contribution in [1.82, 2.24) is 4.90 Å². The normalized spacial score (nSPS) is 21.9. The van der Waals surface area contributed by atoms with Crippen molar-refractivity contribution < 1.29 is 0 Å². The molecule has 1 rings (SSSR count). The van der Waals surface area contributed by atoms with Crippen LogP contribution in [-0.2, 0) is 0 Å². The van der Waals surface area contributed by atoms with E-state index in [1.807, 2.05) is 0 Å². The lowest BCUT2D eigenvalue weighted by atomic mass is 9.99. The number of rotatable bonds is 5. The maximum atomic E-state index is 2.67. The van der Waals surface area contributed by atoms with E-state index >= 15 is 0 Å². The molecule has 0 aromatic carbocycles. The molecule has 0 N–H and O–H groups in total. The van der Waals surface area contributed by atoms with Crippen LogP contribution in [0.15, 0.2) is 12.2 Å². The Hall–Kier alpha value is -0.300. The molecule has 0 bridgehead atoms. The fraction of sp³-hybridized carbons (Fsp3) is 0.857. The van der Waals surface area contributed by atoms with E-state index < -0.39 is 0 Å². The van der Waals surface area contributed by atoms with Gasteiger partial charge in [0.15, 0.2) is 0 Å². The van der Waals surface area contributed by atoms with Crippen LogP contribution in [0, 0.1) is 11.8 Å². The maximum Gasteiger partial charge on any atom is 0.0278 e. The van der Waals surface area contributed by atoms with Gasteiger partial charge in [-0.1, -0.05) is 39.8 Å². The second kappa shape index (κ2) is 6.32. The first-order valence-corrected chi connectivity index (χ1v) is 6.50. The maximum absolute atomic E-state index is 2.67. The van der Waals surface area contributed by atoms with Crippen LogP contribution in [-0.4, -0.2) is 24.0 Å². The van der Waals surface area contributed by atoms with Gasteiger partial charge in [0, 0.05) is 19.1 Å². The highest BCUT2D eigenvalue weighted by Gasteiger charge is 2.19. The van der Waals surface area contributed by atoms with Gasteiger partial charge in [-0.15, -0.1) is 0 Å². The molecule has 1 aliphatic rings. The summed E-state index contributed by atoms with van der Waals surface area (Å²) < 4.78 is 0. The molecule has 1 heteroatoms. The van der Waals surface area contributed by atoms with E-state index in [0.717, 1.165) is 11.8 Å². The second-order valence-electron chi connectivity index (χ2n) is 5.67. The van der Waals surface area contributed by atoms with Crippen LogP contribution in [0.5, 0.6) is 0 Å². The van der Waals surface area contributed by atoms with Gasteiger partial charge in [-0.05, 0) is 31.1 Å². The third-order valence-corrected chi connectivity index (χ3v) is 2.90. The van der Waals surface area contributed by atoms with Crippen LogP contribution in [0.25, 0.3) is 0 Å². The Morgan fingerprint density at radius 3 is 2.13 bits per heavy atom. The molecule has 0 saturated carbocycles. The summed E-state index contributed by atoms with van der Waals surface area (Å²) in [5, 5.41) is 0. The van der Waals surface area contributed by atoms with E-state index in [2.05, 4.69) is 44.7 Å². The number of hydrogen-bond donors (Lipinski definition) is 0. The van der Waals surface area contributed by atoms with Crippen LogP contribution >= 0.6 is 0 Å². The standard InChI is InChI=1S/C14H27N/c1-12(2)10-15(11-13(3)4)14-8-6-5-7-9-14/h6,8,12-14H,5,7,9-11H2,1-4H3. The molecule has 1 aliphatic carbocycles. The minimum Gasteiger partial charge on any atom is -0.296 e. The lowest BCUT2D eigenvalue weighted by Gasteiger charge is -2.34. The van der Waals surface area contributed by atoms with Gasteiger partial charge in [-0.2, -0.15) is 0 Å². The Morgan fingerprint density at radius 2 is 1.73 bits per heavy atom. The minimum atomic E-state index is 0.712. The van der Waals surface area contributed by atoms with Gasteiger partial charge in [0.25, 0.3) is 0 Å². The van der Waals surface area contributed by atoms with Crippen molar-refractivity contribution in [3.8, 4) is 0 Å². The summed E-state index contributed by atoms with van der Waals surface area (Å²) in [4.78, 5) is 2.67. The number of nitrogens with zero attached hydrogens (tertiary/aromatic N) is 1. The topological polar surface area (TPSA) is 3.24 Å². The van der Waals surface area contributed by atoms with E-state index in [1.165, 1.54) is 32.4 Å². The quantitative estimate of drug-likeness (QED) is 0.624.